The molecule has 2 rings (SSSR count). The second-order valence-electron chi connectivity index (χ2n) is 5.84. The van der Waals surface area contributed by atoms with E-state index in [1.165, 1.54) is 5.56 Å². The topological polar surface area (TPSA) is 82.8 Å². The van der Waals surface area contributed by atoms with Crippen molar-refractivity contribution in [2.75, 3.05) is 38.5 Å². The summed E-state index contributed by atoms with van der Waals surface area (Å²) in [6.07, 6.45) is 1.88. The van der Waals surface area contributed by atoms with Gasteiger partial charge in [0.25, 0.3) is 0 Å². The monoisotopic (exact) mass is 394 g/mol. The van der Waals surface area contributed by atoms with E-state index in [1.54, 1.807) is 32.4 Å². The Hall–Kier alpha value is -2.44. The number of anilines is 2. The molecule has 2 aromatic carbocycles. The average molecular weight is 395 g/mol. The first kappa shape index (κ1) is 22.6. The molecule has 3 N–H and O–H groups in total. The molecule has 0 unspecified atom stereocenters. The summed E-state index contributed by atoms with van der Waals surface area (Å²) in [5.41, 5.74) is 8.18. The molecule has 0 aliphatic heterocycles. The first-order valence-electron chi connectivity index (χ1n) is 8.56. The molecule has 27 heavy (non-hydrogen) atoms. The highest BCUT2D eigenvalue weighted by Gasteiger charge is 2.05. The van der Waals surface area contributed by atoms with Gasteiger partial charge in [-0.25, -0.2) is 0 Å². The zero-order valence-corrected chi connectivity index (χ0v) is 16.5. The summed E-state index contributed by atoms with van der Waals surface area (Å²) in [5, 5.41) is 2.82. The molecule has 7 heteroatoms. The van der Waals surface area contributed by atoms with Crippen molar-refractivity contribution in [2.24, 2.45) is 0 Å². The zero-order chi connectivity index (χ0) is 18.8. The molecule has 0 bridgehead atoms. The fraction of sp³-hybridized carbons (Fsp3) is 0.350. The van der Waals surface area contributed by atoms with Crippen molar-refractivity contribution in [3.8, 4) is 11.5 Å². The fourth-order valence-electron chi connectivity index (χ4n) is 2.43. The van der Waals surface area contributed by atoms with Gasteiger partial charge in [-0.15, -0.1) is 12.4 Å². The van der Waals surface area contributed by atoms with Gasteiger partial charge in [-0.2, -0.15) is 0 Å². The number of halogens is 1. The second kappa shape index (κ2) is 12.0. The van der Waals surface area contributed by atoms with Crippen LogP contribution in [0.3, 0.4) is 0 Å². The number of amides is 1. The summed E-state index contributed by atoms with van der Waals surface area (Å²) in [7, 11) is 3.24. The van der Waals surface area contributed by atoms with Gasteiger partial charge in [-0.3, -0.25) is 4.79 Å². The number of ether oxygens (including phenoxy) is 3. The third kappa shape index (κ3) is 7.76. The van der Waals surface area contributed by atoms with Crippen LogP contribution in [0.5, 0.6) is 11.5 Å². The maximum absolute atomic E-state index is 12.0. The van der Waals surface area contributed by atoms with Crippen molar-refractivity contribution >= 4 is 29.7 Å². The maximum atomic E-state index is 12.0. The minimum atomic E-state index is -0.0759. The molecule has 0 aliphatic rings. The predicted molar refractivity (Wildman–Crippen MR) is 110 cm³/mol. The molecular formula is C20H27ClN2O4. The SMILES string of the molecule is COCCc1ccc(OCCCC(=O)Nc2ccc(OC)c(N)c2)cc1.Cl. The number of rotatable bonds is 10. The number of hydrogen-bond donors (Lipinski definition) is 2. The first-order chi connectivity index (χ1) is 12.6. The fourth-order valence-corrected chi connectivity index (χ4v) is 2.43. The van der Waals surface area contributed by atoms with Crippen LogP contribution in [-0.2, 0) is 16.0 Å². The van der Waals surface area contributed by atoms with Crippen LogP contribution in [0.15, 0.2) is 42.5 Å². The van der Waals surface area contributed by atoms with E-state index >= 15 is 0 Å². The van der Waals surface area contributed by atoms with E-state index < -0.39 is 0 Å². The van der Waals surface area contributed by atoms with Crippen molar-refractivity contribution < 1.29 is 19.0 Å². The number of nitrogen functional groups attached to an aromatic ring is 1. The van der Waals surface area contributed by atoms with E-state index in [0.717, 1.165) is 12.2 Å². The van der Waals surface area contributed by atoms with Gasteiger partial charge in [-0.05, 0) is 48.7 Å². The van der Waals surface area contributed by atoms with Crippen LogP contribution in [0, 0.1) is 0 Å². The maximum Gasteiger partial charge on any atom is 0.224 e. The molecule has 0 saturated carbocycles. The molecule has 0 spiro atoms. The molecule has 0 saturated heterocycles. The molecule has 6 nitrogen and oxygen atoms in total. The highest BCUT2D eigenvalue weighted by molar-refractivity contribution is 5.91. The summed E-state index contributed by atoms with van der Waals surface area (Å²) < 4.78 is 15.8. The highest BCUT2D eigenvalue weighted by atomic mass is 35.5. The van der Waals surface area contributed by atoms with Crippen LogP contribution in [0.4, 0.5) is 11.4 Å². The van der Waals surface area contributed by atoms with Crippen LogP contribution >= 0.6 is 12.4 Å². The number of methoxy groups -OCH3 is 2. The minimum absolute atomic E-state index is 0. The Morgan fingerprint density at radius 2 is 1.81 bits per heavy atom. The number of carbonyl (C=O) groups excluding carboxylic acids is 1. The molecule has 0 radical (unpaired) electrons. The third-order valence-electron chi connectivity index (χ3n) is 3.85. The van der Waals surface area contributed by atoms with Crippen molar-refractivity contribution in [1.82, 2.24) is 0 Å². The number of carbonyl (C=O) groups is 1. The van der Waals surface area contributed by atoms with E-state index in [9.17, 15) is 4.79 Å². The highest BCUT2D eigenvalue weighted by Crippen LogP contribution is 2.24. The lowest BCUT2D eigenvalue weighted by Gasteiger charge is -2.09. The van der Waals surface area contributed by atoms with Crippen molar-refractivity contribution in [3.05, 3.63) is 48.0 Å². The Balaban J connectivity index is 0.00000364. The summed E-state index contributed by atoms with van der Waals surface area (Å²) in [6, 6.07) is 13.1. The normalized spacial score (nSPS) is 10.0. The van der Waals surface area contributed by atoms with Gasteiger partial charge in [0.2, 0.25) is 5.91 Å². The van der Waals surface area contributed by atoms with Crippen LogP contribution in [0.2, 0.25) is 0 Å². The molecule has 0 aromatic heterocycles. The lowest BCUT2D eigenvalue weighted by Crippen LogP contribution is -2.13. The summed E-state index contributed by atoms with van der Waals surface area (Å²) >= 11 is 0. The van der Waals surface area contributed by atoms with Gasteiger partial charge in [0.1, 0.15) is 11.5 Å². The third-order valence-corrected chi connectivity index (χ3v) is 3.85. The smallest absolute Gasteiger partial charge is 0.224 e. The molecule has 1 amide bonds. The Bertz CT molecular complexity index is 708. The lowest BCUT2D eigenvalue weighted by atomic mass is 10.1. The number of hydrogen-bond acceptors (Lipinski definition) is 5. The molecule has 148 valence electrons. The summed E-state index contributed by atoms with van der Waals surface area (Å²) in [5.74, 6) is 1.31. The van der Waals surface area contributed by atoms with Crippen molar-refractivity contribution in [3.63, 3.8) is 0 Å². The Morgan fingerprint density at radius 1 is 1.07 bits per heavy atom. The number of benzene rings is 2. The second-order valence-corrected chi connectivity index (χ2v) is 5.84. The van der Waals surface area contributed by atoms with Gasteiger partial charge < -0.3 is 25.3 Å². The molecule has 0 atom stereocenters. The van der Waals surface area contributed by atoms with E-state index in [4.69, 9.17) is 19.9 Å². The Labute approximate surface area is 166 Å². The average Bonchev–Trinajstić information content (AvgIpc) is 2.64. The predicted octanol–water partition coefficient (Wildman–Crippen LogP) is 3.69. The summed E-state index contributed by atoms with van der Waals surface area (Å²) in [6.45, 7) is 1.19. The van der Waals surface area contributed by atoms with Gasteiger partial charge in [0.15, 0.2) is 0 Å². The van der Waals surface area contributed by atoms with Crippen LogP contribution in [-0.4, -0.2) is 33.3 Å². The Kier molecular flexibility index (Phi) is 10.1. The van der Waals surface area contributed by atoms with Crippen LogP contribution in [0.25, 0.3) is 0 Å². The standard InChI is InChI=1S/C20H26N2O4.ClH/c1-24-13-11-15-5-8-17(9-6-15)26-12-3-4-20(23)22-16-7-10-19(25-2)18(21)14-16;/h5-10,14H,3-4,11-13,21H2,1-2H3,(H,22,23);1H. The lowest BCUT2D eigenvalue weighted by molar-refractivity contribution is -0.116. The van der Waals surface area contributed by atoms with Crippen LogP contribution in [0.1, 0.15) is 18.4 Å². The van der Waals surface area contributed by atoms with E-state index in [2.05, 4.69) is 5.32 Å². The van der Waals surface area contributed by atoms with Crippen molar-refractivity contribution in [1.29, 1.82) is 0 Å². The quantitative estimate of drug-likeness (QED) is 0.474. The Morgan fingerprint density at radius 3 is 2.44 bits per heavy atom. The van der Waals surface area contributed by atoms with E-state index in [1.807, 2.05) is 24.3 Å². The molecule has 2 aromatic rings. The molecule has 0 heterocycles. The largest absolute Gasteiger partial charge is 0.495 e. The van der Waals surface area contributed by atoms with Gasteiger partial charge >= 0.3 is 0 Å². The summed E-state index contributed by atoms with van der Waals surface area (Å²) in [4.78, 5) is 12.0. The molecular weight excluding hydrogens is 368 g/mol. The van der Waals surface area contributed by atoms with E-state index in [0.29, 0.717) is 43.2 Å². The molecule has 0 fully saturated rings. The number of nitrogens with one attached hydrogen (secondary N) is 1. The number of nitrogens with two attached hydrogens (primary N) is 1. The van der Waals surface area contributed by atoms with Gasteiger partial charge in [0, 0.05) is 19.2 Å². The van der Waals surface area contributed by atoms with E-state index in [-0.39, 0.29) is 18.3 Å². The van der Waals surface area contributed by atoms with Crippen molar-refractivity contribution in [2.45, 2.75) is 19.3 Å². The zero-order valence-electron chi connectivity index (χ0n) is 15.7. The molecule has 0 aliphatic carbocycles. The minimum Gasteiger partial charge on any atom is -0.495 e. The first-order valence-corrected chi connectivity index (χ1v) is 8.56. The van der Waals surface area contributed by atoms with Gasteiger partial charge in [0.05, 0.1) is 26.0 Å². The van der Waals surface area contributed by atoms with Crippen LogP contribution < -0.4 is 20.5 Å². The van der Waals surface area contributed by atoms with Gasteiger partial charge in [-0.1, -0.05) is 12.1 Å².